The van der Waals surface area contributed by atoms with Gasteiger partial charge in [-0.1, -0.05) is 55.0 Å². The Bertz CT molecular complexity index is 1250. The Morgan fingerprint density at radius 1 is 1.06 bits per heavy atom. The number of alkyl carbamates (subject to hydrolysis) is 1. The number of aromatic nitrogens is 2. The van der Waals surface area contributed by atoms with Crippen molar-refractivity contribution in [3.63, 3.8) is 0 Å². The van der Waals surface area contributed by atoms with Crippen LogP contribution in [0.3, 0.4) is 0 Å². The second kappa shape index (κ2) is 9.25. The Morgan fingerprint density at radius 2 is 1.71 bits per heavy atom. The number of benzene rings is 2. The topological polar surface area (TPSA) is 123 Å². The molecule has 1 fully saturated rings. The van der Waals surface area contributed by atoms with Crippen LogP contribution in [0.5, 0.6) is 0 Å². The summed E-state index contributed by atoms with van der Waals surface area (Å²) >= 11 is 0. The van der Waals surface area contributed by atoms with Crippen molar-refractivity contribution in [1.82, 2.24) is 15.1 Å². The molecule has 2 aromatic carbocycles. The minimum atomic E-state index is -1.17. The molecule has 3 aromatic rings. The average molecular weight is 475 g/mol. The Balaban J connectivity index is 1.22. The quantitative estimate of drug-likeness (QED) is 0.500. The molecule has 2 aliphatic carbocycles. The van der Waals surface area contributed by atoms with E-state index in [1.54, 1.807) is 7.05 Å². The van der Waals surface area contributed by atoms with Gasteiger partial charge in [0.05, 0.1) is 12.1 Å². The van der Waals surface area contributed by atoms with Crippen LogP contribution in [0.4, 0.5) is 10.6 Å². The third-order valence-electron chi connectivity index (χ3n) is 6.91. The molecule has 3 N–H and O–H groups in total. The van der Waals surface area contributed by atoms with Gasteiger partial charge in [0.25, 0.3) is 0 Å². The van der Waals surface area contributed by atoms with Gasteiger partial charge in [-0.25, -0.2) is 9.59 Å². The number of rotatable bonds is 6. The second-order valence-corrected chi connectivity index (χ2v) is 8.94. The normalized spacial score (nSPS) is 18.5. The SMILES string of the molecule is Cn1ncc(C(=O)O)c1NC(=O)[C@@H]1CCC[C@@H]1NC(=O)OCC1c2ccccc2-c2ccccc21. The first-order valence-corrected chi connectivity index (χ1v) is 11.6. The van der Waals surface area contributed by atoms with Crippen molar-refractivity contribution >= 4 is 23.8 Å². The molecule has 1 heterocycles. The first-order valence-electron chi connectivity index (χ1n) is 11.6. The lowest BCUT2D eigenvalue weighted by molar-refractivity contribution is -0.120. The van der Waals surface area contributed by atoms with E-state index in [1.807, 2.05) is 24.3 Å². The molecule has 2 aliphatic rings. The highest BCUT2D eigenvalue weighted by Crippen LogP contribution is 2.44. The fourth-order valence-corrected chi connectivity index (χ4v) is 5.19. The first kappa shape index (κ1) is 22.6. The molecule has 180 valence electrons. The van der Waals surface area contributed by atoms with E-state index in [-0.39, 0.29) is 29.8 Å². The van der Waals surface area contributed by atoms with Gasteiger partial charge in [0, 0.05) is 19.0 Å². The Hall–Kier alpha value is -4.14. The molecule has 2 atom stereocenters. The summed E-state index contributed by atoms with van der Waals surface area (Å²) in [6.45, 7) is 0.195. The van der Waals surface area contributed by atoms with Crippen LogP contribution in [-0.4, -0.2) is 45.5 Å². The van der Waals surface area contributed by atoms with E-state index in [0.29, 0.717) is 12.8 Å². The standard InChI is InChI=1S/C26H26N4O5/c1-30-23(20(13-27-30)25(32)33)29-24(31)19-11-6-12-22(19)28-26(34)35-14-21-17-9-4-2-7-15(17)16-8-3-5-10-18(16)21/h2-5,7-10,13,19,21-22H,6,11-12,14H2,1H3,(H,28,34)(H,29,31)(H,32,33)/t19-,22+/m1/s1. The predicted molar refractivity (Wildman–Crippen MR) is 128 cm³/mol. The number of fused-ring (bicyclic) bond motifs is 3. The average Bonchev–Trinajstić information content (AvgIpc) is 3.54. The number of aromatic carboxylic acids is 1. The number of hydrogen-bond acceptors (Lipinski definition) is 5. The van der Waals surface area contributed by atoms with Gasteiger partial charge in [-0.05, 0) is 35.1 Å². The highest BCUT2D eigenvalue weighted by atomic mass is 16.5. The van der Waals surface area contributed by atoms with E-state index in [2.05, 4.69) is 40.0 Å². The Kier molecular flexibility index (Phi) is 5.98. The van der Waals surface area contributed by atoms with Crippen molar-refractivity contribution in [2.24, 2.45) is 13.0 Å². The van der Waals surface area contributed by atoms with E-state index in [9.17, 15) is 19.5 Å². The first-order chi connectivity index (χ1) is 16.9. The van der Waals surface area contributed by atoms with Crippen molar-refractivity contribution in [3.05, 3.63) is 71.4 Å². The summed E-state index contributed by atoms with van der Waals surface area (Å²) < 4.78 is 6.94. The maximum atomic E-state index is 12.9. The third-order valence-corrected chi connectivity index (χ3v) is 6.91. The molecule has 0 spiro atoms. The number of carboxylic acids is 1. The lowest BCUT2D eigenvalue weighted by atomic mass is 9.98. The van der Waals surface area contributed by atoms with Gasteiger partial charge in [0.1, 0.15) is 18.0 Å². The van der Waals surface area contributed by atoms with Gasteiger partial charge in [0.15, 0.2) is 0 Å². The number of aryl methyl sites for hydroxylation is 1. The summed E-state index contributed by atoms with van der Waals surface area (Å²) in [5, 5.41) is 18.8. The maximum Gasteiger partial charge on any atom is 0.407 e. The van der Waals surface area contributed by atoms with Gasteiger partial charge in [-0.15, -0.1) is 0 Å². The number of hydrogen-bond donors (Lipinski definition) is 3. The van der Waals surface area contributed by atoms with Crippen LogP contribution in [0.2, 0.25) is 0 Å². The molecule has 9 nitrogen and oxygen atoms in total. The molecular weight excluding hydrogens is 448 g/mol. The smallest absolute Gasteiger partial charge is 0.407 e. The molecule has 0 unspecified atom stereocenters. The van der Waals surface area contributed by atoms with Crippen molar-refractivity contribution in [1.29, 1.82) is 0 Å². The number of carbonyl (C=O) groups excluding carboxylic acids is 2. The van der Waals surface area contributed by atoms with Crippen LogP contribution in [0, 0.1) is 5.92 Å². The van der Waals surface area contributed by atoms with Crippen LogP contribution >= 0.6 is 0 Å². The maximum absolute atomic E-state index is 12.9. The molecule has 2 amide bonds. The zero-order valence-electron chi connectivity index (χ0n) is 19.2. The van der Waals surface area contributed by atoms with E-state index >= 15 is 0 Å². The lowest BCUT2D eigenvalue weighted by Gasteiger charge is -2.21. The van der Waals surface area contributed by atoms with E-state index in [1.165, 1.54) is 10.9 Å². The van der Waals surface area contributed by atoms with E-state index in [4.69, 9.17) is 4.74 Å². The summed E-state index contributed by atoms with van der Waals surface area (Å²) in [5.74, 6) is -1.94. The second-order valence-electron chi connectivity index (χ2n) is 8.94. The number of nitrogens with zero attached hydrogens (tertiary/aromatic N) is 2. The van der Waals surface area contributed by atoms with Gasteiger partial charge in [0.2, 0.25) is 5.91 Å². The predicted octanol–water partition coefficient (Wildman–Crippen LogP) is 3.76. The van der Waals surface area contributed by atoms with Crippen LogP contribution in [0.1, 0.15) is 46.7 Å². The number of anilines is 1. The van der Waals surface area contributed by atoms with Crippen LogP contribution < -0.4 is 10.6 Å². The Labute approximate surface area is 202 Å². The largest absolute Gasteiger partial charge is 0.477 e. The van der Waals surface area contributed by atoms with Crippen molar-refractivity contribution < 1.29 is 24.2 Å². The summed E-state index contributed by atoms with van der Waals surface area (Å²) in [5.41, 5.74) is 4.48. The number of carboxylic acid groups (broad SMARTS) is 1. The van der Waals surface area contributed by atoms with Gasteiger partial charge in [-0.3, -0.25) is 9.48 Å². The molecule has 0 aliphatic heterocycles. The molecular formula is C26H26N4O5. The van der Waals surface area contributed by atoms with Gasteiger partial charge < -0.3 is 20.5 Å². The highest BCUT2D eigenvalue weighted by molar-refractivity contribution is 6.00. The van der Waals surface area contributed by atoms with Crippen molar-refractivity contribution in [3.8, 4) is 11.1 Å². The fraction of sp³-hybridized carbons (Fsp3) is 0.308. The van der Waals surface area contributed by atoms with E-state index < -0.39 is 24.0 Å². The van der Waals surface area contributed by atoms with E-state index in [0.717, 1.165) is 28.7 Å². The minimum absolute atomic E-state index is 0.0462. The monoisotopic (exact) mass is 474 g/mol. The van der Waals surface area contributed by atoms with Crippen LogP contribution in [-0.2, 0) is 16.6 Å². The summed E-state index contributed by atoms with van der Waals surface area (Å²) in [7, 11) is 1.56. The summed E-state index contributed by atoms with van der Waals surface area (Å²) in [6, 6.07) is 15.8. The van der Waals surface area contributed by atoms with Crippen molar-refractivity contribution in [2.45, 2.75) is 31.2 Å². The highest BCUT2D eigenvalue weighted by Gasteiger charge is 2.36. The zero-order chi connectivity index (χ0) is 24.5. The van der Waals surface area contributed by atoms with Gasteiger partial charge in [-0.2, -0.15) is 5.10 Å². The fourth-order valence-electron chi connectivity index (χ4n) is 5.19. The third kappa shape index (κ3) is 4.25. The molecule has 1 aromatic heterocycles. The summed E-state index contributed by atoms with van der Waals surface area (Å²) in [6.07, 6.45) is 2.62. The van der Waals surface area contributed by atoms with Gasteiger partial charge >= 0.3 is 12.1 Å². The molecule has 0 bridgehead atoms. The molecule has 35 heavy (non-hydrogen) atoms. The molecule has 0 radical (unpaired) electrons. The number of nitrogens with one attached hydrogen (secondary N) is 2. The zero-order valence-corrected chi connectivity index (χ0v) is 19.2. The number of ether oxygens (including phenoxy) is 1. The number of carbonyl (C=O) groups is 3. The number of amides is 2. The summed E-state index contributed by atoms with van der Waals surface area (Å²) in [4.78, 5) is 37.0. The van der Waals surface area contributed by atoms with Crippen LogP contribution in [0.15, 0.2) is 54.7 Å². The van der Waals surface area contributed by atoms with Crippen LogP contribution in [0.25, 0.3) is 11.1 Å². The molecule has 0 saturated heterocycles. The lowest BCUT2D eigenvalue weighted by Crippen LogP contribution is -2.42. The molecule has 5 rings (SSSR count). The van der Waals surface area contributed by atoms with Crippen molar-refractivity contribution in [2.75, 3.05) is 11.9 Å². The minimum Gasteiger partial charge on any atom is -0.477 e. The molecule has 1 saturated carbocycles. The Morgan fingerprint density at radius 3 is 2.37 bits per heavy atom. The molecule has 9 heteroatoms.